The van der Waals surface area contributed by atoms with E-state index < -0.39 is 11.6 Å². The summed E-state index contributed by atoms with van der Waals surface area (Å²) in [5.74, 6) is -0.429. The molecule has 0 aliphatic heterocycles. The van der Waals surface area contributed by atoms with E-state index in [0.29, 0.717) is 5.56 Å². The largest absolute Gasteiger partial charge is 0.469 e. The van der Waals surface area contributed by atoms with E-state index in [1.165, 1.54) is 7.11 Å². The first-order valence-electron chi connectivity index (χ1n) is 6.48. The van der Waals surface area contributed by atoms with E-state index in [1.54, 1.807) is 6.92 Å². The Bertz CT molecular complexity index is 571. The van der Waals surface area contributed by atoms with Gasteiger partial charge in [-0.25, -0.2) is 0 Å². The second-order valence-corrected chi connectivity index (χ2v) is 4.97. The molecule has 1 unspecified atom stereocenters. The number of esters is 1. The van der Waals surface area contributed by atoms with E-state index in [2.05, 4.69) is 4.74 Å². The first-order valence-corrected chi connectivity index (χ1v) is 6.48. The van der Waals surface area contributed by atoms with E-state index in [0.717, 1.165) is 11.1 Å². The minimum absolute atomic E-state index is 0.0613. The topological polar surface area (TPSA) is 46.5 Å². The number of hydrogen-bond donors (Lipinski definition) is 1. The van der Waals surface area contributed by atoms with Crippen LogP contribution >= 0.6 is 0 Å². The van der Waals surface area contributed by atoms with Crippen LogP contribution in [-0.4, -0.2) is 18.2 Å². The van der Waals surface area contributed by atoms with Crippen LogP contribution in [0.1, 0.15) is 18.9 Å². The Hall–Kier alpha value is -2.13. The van der Waals surface area contributed by atoms with Crippen LogP contribution in [-0.2, 0) is 15.1 Å². The maximum atomic E-state index is 11.3. The van der Waals surface area contributed by atoms with Crippen molar-refractivity contribution in [2.24, 2.45) is 0 Å². The quantitative estimate of drug-likeness (QED) is 0.868. The molecule has 0 saturated heterocycles. The Balaban J connectivity index is 2.22. The molecule has 104 valence electrons. The van der Waals surface area contributed by atoms with Gasteiger partial charge >= 0.3 is 5.97 Å². The van der Waals surface area contributed by atoms with Gasteiger partial charge in [-0.05, 0) is 23.6 Å². The summed E-state index contributed by atoms with van der Waals surface area (Å²) in [6, 6.07) is 17.6. The minimum Gasteiger partial charge on any atom is -0.469 e. The molecule has 0 aromatic heterocycles. The molecule has 3 heteroatoms. The van der Waals surface area contributed by atoms with E-state index in [9.17, 15) is 9.90 Å². The summed E-state index contributed by atoms with van der Waals surface area (Å²) < 4.78 is 4.60. The van der Waals surface area contributed by atoms with E-state index in [-0.39, 0.29) is 6.42 Å². The normalized spacial score (nSPS) is 13.6. The molecular formula is C17H18O3. The Kier molecular flexibility index (Phi) is 4.20. The summed E-state index contributed by atoms with van der Waals surface area (Å²) in [5, 5.41) is 10.3. The molecule has 2 rings (SSSR count). The predicted molar refractivity (Wildman–Crippen MR) is 78.1 cm³/mol. The summed E-state index contributed by atoms with van der Waals surface area (Å²) in [4.78, 5) is 11.3. The Morgan fingerprint density at radius 3 is 2.15 bits per heavy atom. The van der Waals surface area contributed by atoms with Crippen molar-refractivity contribution in [2.75, 3.05) is 7.11 Å². The standard InChI is InChI=1S/C17H18O3/c1-17(19,12-16(18)20-2)15-10-8-14(9-11-15)13-6-4-3-5-7-13/h3-11,19H,12H2,1-2H3. The third kappa shape index (κ3) is 3.25. The third-order valence-corrected chi connectivity index (χ3v) is 3.33. The molecule has 0 amide bonds. The van der Waals surface area contributed by atoms with Crippen LogP contribution in [0.3, 0.4) is 0 Å². The van der Waals surface area contributed by atoms with Crippen LogP contribution < -0.4 is 0 Å². The first-order chi connectivity index (χ1) is 9.53. The molecular weight excluding hydrogens is 252 g/mol. The van der Waals surface area contributed by atoms with Crippen LogP contribution in [0.5, 0.6) is 0 Å². The van der Waals surface area contributed by atoms with Gasteiger partial charge in [0.1, 0.15) is 0 Å². The van der Waals surface area contributed by atoms with Crippen LogP contribution in [0.2, 0.25) is 0 Å². The molecule has 1 N–H and O–H groups in total. The summed E-state index contributed by atoms with van der Waals surface area (Å²) in [6.45, 7) is 1.61. The molecule has 0 radical (unpaired) electrons. The van der Waals surface area contributed by atoms with Crippen molar-refractivity contribution in [3.05, 3.63) is 60.2 Å². The van der Waals surface area contributed by atoms with E-state index >= 15 is 0 Å². The van der Waals surface area contributed by atoms with Gasteiger partial charge in [0.2, 0.25) is 0 Å². The van der Waals surface area contributed by atoms with Crippen molar-refractivity contribution in [1.29, 1.82) is 0 Å². The van der Waals surface area contributed by atoms with E-state index in [4.69, 9.17) is 0 Å². The maximum Gasteiger partial charge on any atom is 0.308 e. The van der Waals surface area contributed by atoms with Gasteiger partial charge < -0.3 is 9.84 Å². The molecule has 2 aromatic carbocycles. The number of benzene rings is 2. The number of ether oxygens (including phenoxy) is 1. The fraction of sp³-hybridized carbons (Fsp3) is 0.235. The SMILES string of the molecule is COC(=O)CC(C)(O)c1ccc(-c2ccccc2)cc1. The minimum atomic E-state index is -1.22. The second kappa shape index (κ2) is 5.88. The average molecular weight is 270 g/mol. The van der Waals surface area contributed by atoms with Crippen LogP contribution in [0.15, 0.2) is 54.6 Å². The van der Waals surface area contributed by atoms with Crippen LogP contribution in [0.4, 0.5) is 0 Å². The Labute approximate surface area is 118 Å². The lowest BCUT2D eigenvalue weighted by atomic mass is 9.91. The molecule has 0 bridgehead atoms. The number of methoxy groups -OCH3 is 1. The second-order valence-electron chi connectivity index (χ2n) is 4.97. The molecule has 0 aliphatic carbocycles. The van der Waals surface area contributed by atoms with Gasteiger partial charge in [-0.3, -0.25) is 4.79 Å². The lowest BCUT2D eigenvalue weighted by molar-refractivity contribution is -0.145. The number of hydrogen-bond acceptors (Lipinski definition) is 3. The molecule has 0 heterocycles. The fourth-order valence-corrected chi connectivity index (χ4v) is 2.11. The molecule has 0 fully saturated rings. The number of carbonyl (C=O) groups is 1. The van der Waals surface area contributed by atoms with Gasteiger partial charge in [-0.1, -0.05) is 54.6 Å². The molecule has 20 heavy (non-hydrogen) atoms. The third-order valence-electron chi connectivity index (χ3n) is 3.33. The predicted octanol–water partition coefficient (Wildman–Crippen LogP) is 3.12. The summed E-state index contributed by atoms with van der Waals surface area (Å²) >= 11 is 0. The van der Waals surface area contributed by atoms with Crippen LogP contribution in [0.25, 0.3) is 11.1 Å². The molecule has 1 atom stereocenters. The summed E-state index contributed by atoms with van der Waals surface area (Å²) in [6.07, 6.45) is -0.0613. The van der Waals surface area contributed by atoms with Crippen LogP contribution in [0, 0.1) is 0 Å². The Morgan fingerprint density at radius 2 is 1.60 bits per heavy atom. The first kappa shape index (κ1) is 14.3. The highest BCUT2D eigenvalue weighted by Crippen LogP contribution is 2.27. The van der Waals surface area contributed by atoms with Gasteiger partial charge in [-0.2, -0.15) is 0 Å². The molecule has 3 nitrogen and oxygen atoms in total. The maximum absolute atomic E-state index is 11.3. The summed E-state index contributed by atoms with van der Waals surface area (Å²) in [5.41, 5.74) is 1.67. The zero-order chi connectivity index (χ0) is 14.6. The van der Waals surface area contributed by atoms with Gasteiger partial charge in [0, 0.05) is 0 Å². The van der Waals surface area contributed by atoms with Gasteiger partial charge in [0.05, 0.1) is 19.1 Å². The van der Waals surface area contributed by atoms with Crippen molar-refractivity contribution in [2.45, 2.75) is 18.9 Å². The fourth-order valence-electron chi connectivity index (χ4n) is 2.11. The van der Waals surface area contributed by atoms with Gasteiger partial charge in [0.15, 0.2) is 0 Å². The van der Waals surface area contributed by atoms with Crippen molar-refractivity contribution >= 4 is 5.97 Å². The van der Waals surface area contributed by atoms with Gasteiger partial charge in [0.25, 0.3) is 0 Å². The number of aliphatic hydroxyl groups is 1. The monoisotopic (exact) mass is 270 g/mol. The highest BCUT2D eigenvalue weighted by Gasteiger charge is 2.27. The summed E-state index contributed by atoms with van der Waals surface area (Å²) in [7, 11) is 1.32. The van der Waals surface area contributed by atoms with Gasteiger partial charge in [-0.15, -0.1) is 0 Å². The zero-order valence-electron chi connectivity index (χ0n) is 11.7. The van der Waals surface area contributed by atoms with Crippen molar-refractivity contribution in [1.82, 2.24) is 0 Å². The van der Waals surface area contributed by atoms with E-state index in [1.807, 2.05) is 54.6 Å². The molecule has 0 spiro atoms. The van der Waals surface area contributed by atoms with Crippen molar-refractivity contribution in [3.8, 4) is 11.1 Å². The highest BCUT2D eigenvalue weighted by atomic mass is 16.5. The number of rotatable bonds is 4. The Morgan fingerprint density at radius 1 is 1.05 bits per heavy atom. The highest BCUT2D eigenvalue weighted by molar-refractivity contribution is 5.71. The lowest BCUT2D eigenvalue weighted by Gasteiger charge is -2.22. The lowest BCUT2D eigenvalue weighted by Crippen LogP contribution is -2.25. The average Bonchev–Trinajstić information content (AvgIpc) is 2.48. The van der Waals surface area contributed by atoms with Crippen molar-refractivity contribution in [3.63, 3.8) is 0 Å². The molecule has 2 aromatic rings. The molecule has 0 saturated carbocycles. The smallest absolute Gasteiger partial charge is 0.308 e. The molecule has 0 aliphatic rings. The number of carbonyl (C=O) groups excluding carboxylic acids is 1. The van der Waals surface area contributed by atoms with Crippen molar-refractivity contribution < 1.29 is 14.6 Å². The zero-order valence-corrected chi connectivity index (χ0v) is 11.7.